The number of fused-ring (bicyclic) bond motifs is 7. The molecule has 130 valence electrons. The molecular weight excluding hydrogens is 338 g/mol. The van der Waals surface area contributed by atoms with Crippen molar-refractivity contribution in [3.8, 4) is 0 Å². The molecule has 3 aromatic carbocycles. The molecule has 2 bridgehead atoms. The fourth-order valence-corrected chi connectivity index (χ4v) is 5.60. The number of benzene rings is 3. The van der Waals surface area contributed by atoms with Crippen LogP contribution < -0.4 is 0 Å². The fraction of sp³-hybridized carbons (Fsp3) is 0.250. The Balaban J connectivity index is 1.73. The number of likely N-dealkylation sites (N-methyl/N-ethyl adjacent to an activating group) is 1. The lowest BCUT2D eigenvalue weighted by Gasteiger charge is -2.52. The zero-order valence-electron chi connectivity index (χ0n) is 15.2. The van der Waals surface area contributed by atoms with Gasteiger partial charge in [0.1, 0.15) is 18.1 Å². The molecular formula is C24H23ClN+. The molecule has 1 nitrogen and oxygen atoms in total. The molecule has 0 spiro atoms. The molecule has 0 saturated carbocycles. The standard InChI is InChI=1S/C24H23ClN/c1-24-21-9-5-3-7-18(21)15-23(20-8-4-6-10-22(20)24)26(24,2)16-17-11-13-19(25)14-12-17/h3-14,23H,15-16H2,1-2H3/q+1/t23-,24+,26+/m0/s1. The highest BCUT2D eigenvalue weighted by molar-refractivity contribution is 6.30. The zero-order chi connectivity index (χ0) is 17.9. The molecule has 2 heteroatoms. The molecule has 0 fully saturated rings. The normalized spacial score (nSPS) is 28.5. The number of halogens is 1. The van der Waals surface area contributed by atoms with Crippen LogP contribution in [-0.2, 0) is 18.5 Å². The van der Waals surface area contributed by atoms with Gasteiger partial charge < -0.3 is 4.48 Å². The monoisotopic (exact) mass is 360 g/mol. The van der Waals surface area contributed by atoms with Crippen molar-refractivity contribution in [3.05, 3.63) is 106 Å². The third-order valence-corrected chi connectivity index (χ3v) is 7.19. The minimum atomic E-state index is -0.0320. The van der Waals surface area contributed by atoms with Gasteiger partial charge >= 0.3 is 0 Å². The lowest BCUT2D eigenvalue weighted by molar-refractivity contribution is -0.993. The Labute approximate surface area is 160 Å². The van der Waals surface area contributed by atoms with Crippen LogP contribution in [0.5, 0.6) is 0 Å². The average Bonchev–Trinajstić information content (AvgIpc) is 2.76. The summed E-state index contributed by atoms with van der Waals surface area (Å²) in [6, 6.07) is 27.0. The Morgan fingerprint density at radius 2 is 1.58 bits per heavy atom. The van der Waals surface area contributed by atoms with Crippen molar-refractivity contribution in [1.82, 2.24) is 0 Å². The highest BCUT2D eigenvalue weighted by atomic mass is 35.5. The second-order valence-electron chi connectivity index (χ2n) is 8.09. The first-order chi connectivity index (χ1) is 12.5. The van der Waals surface area contributed by atoms with Crippen molar-refractivity contribution in [1.29, 1.82) is 0 Å². The van der Waals surface area contributed by atoms with E-state index in [4.69, 9.17) is 11.6 Å². The van der Waals surface area contributed by atoms with Gasteiger partial charge in [0.05, 0.1) is 7.05 Å². The van der Waals surface area contributed by atoms with E-state index < -0.39 is 0 Å². The fourth-order valence-electron chi connectivity index (χ4n) is 5.48. The summed E-state index contributed by atoms with van der Waals surface area (Å²) in [6.45, 7) is 3.45. The number of nitrogens with zero attached hydrogens (tertiary/aromatic N) is 1. The highest BCUT2D eigenvalue weighted by Gasteiger charge is 2.62. The number of hydrogen-bond donors (Lipinski definition) is 0. The van der Waals surface area contributed by atoms with Crippen molar-refractivity contribution in [3.63, 3.8) is 0 Å². The molecule has 0 amide bonds. The minimum absolute atomic E-state index is 0.0320. The van der Waals surface area contributed by atoms with Crippen LogP contribution in [0.2, 0.25) is 5.02 Å². The molecule has 2 aliphatic rings. The van der Waals surface area contributed by atoms with Gasteiger partial charge in [0, 0.05) is 33.7 Å². The van der Waals surface area contributed by atoms with Crippen molar-refractivity contribution in [2.24, 2.45) is 0 Å². The van der Waals surface area contributed by atoms with Gasteiger partial charge in [-0.15, -0.1) is 0 Å². The molecule has 5 rings (SSSR count). The Kier molecular flexibility index (Phi) is 3.38. The maximum absolute atomic E-state index is 6.12. The summed E-state index contributed by atoms with van der Waals surface area (Å²) in [5.41, 5.74) is 7.31. The van der Waals surface area contributed by atoms with Crippen LogP contribution in [-0.4, -0.2) is 11.5 Å². The largest absolute Gasteiger partial charge is 0.304 e. The van der Waals surface area contributed by atoms with Crippen LogP contribution in [0.15, 0.2) is 72.8 Å². The van der Waals surface area contributed by atoms with Crippen molar-refractivity contribution in [2.75, 3.05) is 7.05 Å². The Bertz CT molecular complexity index is 980. The first-order valence-electron chi connectivity index (χ1n) is 9.31. The topological polar surface area (TPSA) is 0 Å². The predicted octanol–water partition coefficient (Wildman–Crippen LogP) is 5.86. The van der Waals surface area contributed by atoms with Gasteiger partial charge in [0.15, 0.2) is 0 Å². The van der Waals surface area contributed by atoms with Crippen LogP contribution in [0, 0.1) is 0 Å². The number of quaternary nitrogens is 1. The summed E-state index contributed by atoms with van der Waals surface area (Å²) >= 11 is 6.12. The van der Waals surface area contributed by atoms with E-state index in [9.17, 15) is 0 Å². The summed E-state index contributed by atoms with van der Waals surface area (Å²) < 4.78 is 0.991. The van der Waals surface area contributed by atoms with E-state index in [0.717, 1.165) is 22.5 Å². The molecule has 0 aliphatic carbocycles. The summed E-state index contributed by atoms with van der Waals surface area (Å²) in [6.07, 6.45) is 1.10. The van der Waals surface area contributed by atoms with Gasteiger partial charge in [0.2, 0.25) is 0 Å². The van der Waals surface area contributed by atoms with E-state index in [-0.39, 0.29) is 5.54 Å². The number of hydrogen-bond acceptors (Lipinski definition) is 0. The lowest BCUT2D eigenvalue weighted by Crippen LogP contribution is -2.58. The molecule has 0 unspecified atom stereocenters. The second kappa shape index (κ2) is 5.45. The van der Waals surface area contributed by atoms with E-state index >= 15 is 0 Å². The lowest BCUT2D eigenvalue weighted by atomic mass is 9.78. The van der Waals surface area contributed by atoms with Crippen LogP contribution >= 0.6 is 11.6 Å². The van der Waals surface area contributed by atoms with Gasteiger partial charge in [-0.2, -0.15) is 0 Å². The Hall–Kier alpha value is -2.09. The summed E-state index contributed by atoms with van der Waals surface area (Å²) in [5.74, 6) is 0. The Morgan fingerprint density at radius 3 is 2.35 bits per heavy atom. The summed E-state index contributed by atoms with van der Waals surface area (Å²) in [7, 11) is 2.44. The molecule has 0 saturated heterocycles. The van der Waals surface area contributed by atoms with E-state index in [0.29, 0.717) is 6.04 Å². The second-order valence-corrected chi connectivity index (χ2v) is 8.53. The third kappa shape index (κ3) is 1.96. The van der Waals surface area contributed by atoms with Crippen LogP contribution in [0.3, 0.4) is 0 Å². The SMILES string of the molecule is C[C@@]12c3ccccc3C[C@@H](c3ccccc31)[N@@+]2(C)Cc1ccc(Cl)cc1. The molecule has 2 heterocycles. The van der Waals surface area contributed by atoms with Gasteiger partial charge in [-0.1, -0.05) is 72.3 Å². The average molecular weight is 361 g/mol. The minimum Gasteiger partial charge on any atom is -0.304 e. The molecule has 3 aromatic rings. The van der Waals surface area contributed by atoms with Gasteiger partial charge in [0.25, 0.3) is 0 Å². The highest BCUT2D eigenvalue weighted by Crippen LogP contribution is 2.60. The van der Waals surface area contributed by atoms with E-state index in [1.165, 1.54) is 27.8 Å². The molecule has 0 N–H and O–H groups in total. The van der Waals surface area contributed by atoms with Gasteiger partial charge in [-0.05, 0) is 24.6 Å². The maximum atomic E-state index is 6.12. The molecule has 0 aromatic heterocycles. The van der Waals surface area contributed by atoms with Crippen LogP contribution in [0.1, 0.15) is 40.8 Å². The first-order valence-corrected chi connectivity index (χ1v) is 9.69. The van der Waals surface area contributed by atoms with E-state index in [2.05, 4.69) is 74.6 Å². The van der Waals surface area contributed by atoms with E-state index in [1.54, 1.807) is 0 Å². The van der Waals surface area contributed by atoms with Crippen LogP contribution in [0.4, 0.5) is 0 Å². The van der Waals surface area contributed by atoms with Gasteiger partial charge in [-0.25, -0.2) is 0 Å². The quantitative estimate of drug-likeness (QED) is 0.502. The summed E-state index contributed by atoms with van der Waals surface area (Å²) in [5, 5.41) is 0.804. The van der Waals surface area contributed by atoms with E-state index in [1.807, 2.05) is 12.1 Å². The Morgan fingerprint density at radius 1 is 0.923 bits per heavy atom. The molecule has 2 aliphatic heterocycles. The third-order valence-electron chi connectivity index (χ3n) is 6.93. The predicted molar refractivity (Wildman–Crippen MR) is 107 cm³/mol. The molecule has 26 heavy (non-hydrogen) atoms. The summed E-state index contributed by atoms with van der Waals surface area (Å²) in [4.78, 5) is 0. The van der Waals surface area contributed by atoms with Crippen molar-refractivity contribution >= 4 is 11.6 Å². The smallest absolute Gasteiger partial charge is 0.149 e. The molecule has 0 radical (unpaired) electrons. The number of rotatable bonds is 2. The van der Waals surface area contributed by atoms with Crippen LogP contribution in [0.25, 0.3) is 0 Å². The zero-order valence-corrected chi connectivity index (χ0v) is 16.0. The maximum Gasteiger partial charge on any atom is 0.149 e. The van der Waals surface area contributed by atoms with Crippen molar-refractivity contribution < 1.29 is 4.48 Å². The molecule has 3 atom stereocenters. The first kappa shape index (κ1) is 16.1. The van der Waals surface area contributed by atoms with Gasteiger partial charge in [-0.3, -0.25) is 0 Å². The van der Waals surface area contributed by atoms with Crippen molar-refractivity contribution in [2.45, 2.75) is 31.5 Å².